The van der Waals surface area contributed by atoms with E-state index < -0.39 is 12.7 Å². The zero-order valence-corrected chi connectivity index (χ0v) is 12.6. The molecule has 19 heavy (non-hydrogen) atoms. The Morgan fingerprint density at radius 3 is 2.47 bits per heavy atom. The van der Waals surface area contributed by atoms with Crippen LogP contribution in [0, 0.1) is 0 Å². The van der Waals surface area contributed by atoms with Crippen LogP contribution in [0.5, 0.6) is 0 Å². The third kappa shape index (κ3) is 5.93. The molecule has 0 saturated carbocycles. The summed E-state index contributed by atoms with van der Waals surface area (Å²) in [5, 5.41) is 3.03. The fourth-order valence-electron chi connectivity index (χ4n) is 1.81. The van der Waals surface area contributed by atoms with Crippen molar-refractivity contribution in [1.82, 2.24) is 10.2 Å². The van der Waals surface area contributed by atoms with E-state index in [9.17, 15) is 13.2 Å². The average Bonchev–Trinajstić information content (AvgIpc) is 2.30. The van der Waals surface area contributed by atoms with Crippen molar-refractivity contribution in [3.8, 4) is 0 Å². The lowest BCUT2D eigenvalue weighted by Crippen LogP contribution is -2.33. The fourth-order valence-corrected chi connectivity index (χ4v) is 2.36. The second-order valence-corrected chi connectivity index (χ2v) is 5.23. The average molecular weight is 339 g/mol. The van der Waals surface area contributed by atoms with E-state index in [0.29, 0.717) is 6.54 Å². The van der Waals surface area contributed by atoms with Crippen molar-refractivity contribution in [3.63, 3.8) is 0 Å². The van der Waals surface area contributed by atoms with Gasteiger partial charge in [0.25, 0.3) is 0 Å². The van der Waals surface area contributed by atoms with E-state index in [2.05, 4.69) is 21.2 Å². The molecule has 1 aromatic rings. The Labute approximate surface area is 120 Å². The molecule has 0 unspecified atom stereocenters. The van der Waals surface area contributed by atoms with Crippen molar-refractivity contribution in [1.29, 1.82) is 0 Å². The van der Waals surface area contributed by atoms with Gasteiger partial charge in [-0.2, -0.15) is 13.2 Å². The summed E-state index contributed by atoms with van der Waals surface area (Å²) in [5.74, 6) is 0. The number of halogens is 4. The number of nitrogens with one attached hydrogen (secondary N) is 1. The second-order valence-electron chi connectivity index (χ2n) is 4.37. The minimum absolute atomic E-state index is 0.288. The smallest absolute Gasteiger partial charge is 0.316 e. The Bertz CT molecular complexity index is 407. The Balaban J connectivity index is 2.74. The molecule has 0 atom stereocenters. The van der Waals surface area contributed by atoms with Gasteiger partial charge >= 0.3 is 6.18 Å². The maximum atomic E-state index is 12.4. The summed E-state index contributed by atoms with van der Waals surface area (Å²) in [6.45, 7) is 2.24. The Morgan fingerprint density at radius 1 is 1.32 bits per heavy atom. The maximum Gasteiger partial charge on any atom is 0.401 e. The third-order valence-corrected chi connectivity index (χ3v) is 3.48. The quantitative estimate of drug-likeness (QED) is 0.853. The van der Waals surface area contributed by atoms with Crippen LogP contribution in [0.1, 0.15) is 18.1 Å². The van der Waals surface area contributed by atoms with E-state index in [-0.39, 0.29) is 6.54 Å². The maximum absolute atomic E-state index is 12.4. The van der Waals surface area contributed by atoms with Crippen molar-refractivity contribution in [2.24, 2.45) is 0 Å². The van der Waals surface area contributed by atoms with Gasteiger partial charge in [0.15, 0.2) is 0 Å². The Hall–Kier alpha value is -0.590. The van der Waals surface area contributed by atoms with Crippen LogP contribution in [0.4, 0.5) is 13.2 Å². The van der Waals surface area contributed by atoms with E-state index in [4.69, 9.17) is 0 Å². The summed E-state index contributed by atoms with van der Waals surface area (Å²) in [4.78, 5) is 1.37. The largest absolute Gasteiger partial charge is 0.401 e. The van der Waals surface area contributed by atoms with Crippen molar-refractivity contribution in [3.05, 3.63) is 33.8 Å². The molecule has 0 spiro atoms. The van der Waals surface area contributed by atoms with Crippen LogP contribution < -0.4 is 5.32 Å². The summed E-state index contributed by atoms with van der Waals surface area (Å²) in [7, 11) is 1.85. The van der Waals surface area contributed by atoms with Crippen molar-refractivity contribution >= 4 is 15.9 Å². The lowest BCUT2D eigenvalue weighted by molar-refractivity contribution is -0.146. The monoisotopic (exact) mass is 338 g/mol. The van der Waals surface area contributed by atoms with Gasteiger partial charge in [-0.3, -0.25) is 4.90 Å². The van der Waals surface area contributed by atoms with Crippen LogP contribution in [0.25, 0.3) is 0 Å². The van der Waals surface area contributed by atoms with E-state index in [0.717, 1.165) is 22.1 Å². The summed E-state index contributed by atoms with van der Waals surface area (Å²) >= 11 is 3.42. The first-order valence-electron chi connectivity index (χ1n) is 6.06. The van der Waals surface area contributed by atoms with Gasteiger partial charge in [-0.25, -0.2) is 0 Å². The molecule has 1 N–H and O–H groups in total. The number of nitrogens with zero attached hydrogens (tertiary/aromatic N) is 1. The molecule has 0 amide bonds. The van der Waals surface area contributed by atoms with Gasteiger partial charge < -0.3 is 5.32 Å². The van der Waals surface area contributed by atoms with Crippen LogP contribution in [-0.2, 0) is 13.1 Å². The first-order chi connectivity index (χ1) is 8.85. The van der Waals surface area contributed by atoms with Gasteiger partial charge in [-0.15, -0.1) is 0 Å². The van der Waals surface area contributed by atoms with Crippen LogP contribution in [0.3, 0.4) is 0 Å². The molecule has 0 aliphatic rings. The molecule has 2 nitrogen and oxygen atoms in total. The summed E-state index contributed by atoms with van der Waals surface area (Å²) in [5.41, 5.74) is 1.96. The SMILES string of the molecule is CCN(Cc1ccc(CNC)cc1Br)CC(F)(F)F. The topological polar surface area (TPSA) is 15.3 Å². The van der Waals surface area contributed by atoms with Crippen LogP contribution in [-0.4, -0.2) is 31.2 Å². The summed E-state index contributed by atoms with van der Waals surface area (Å²) in [6, 6.07) is 5.74. The van der Waals surface area contributed by atoms with Crippen molar-refractivity contribution in [2.75, 3.05) is 20.1 Å². The van der Waals surface area contributed by atoms with Crippen LogP contribution in [0.2, 0.25) is 0 Å². The van der Waals surface area contributed by atoms with E-state index in [1.165, 1.54) is 4.90 Å². The number of rotatable bonds is 6. The normalized spacial score (nSPS) is 12.2. The minimum atomic E-state index is -4.16. The molecular formula is C13H18BrF3N2. The highest BCUT2D eigenvalue weighted by Gasteiger charge is 2.30. The summed E-state index contributed by atoms with van der Waals surface area (Å²) in [6.07, 6.45) is -4.16. The molecule has 0 saturated heterocycles. The van der Waals surface area contributed by atoms with E-state index in [1.807, 2.05) is 25.2 Å². The molecule has 0 fully saturated rings. The fraction of sp³-hybridized carbons (Fsp3) is 0.538. The highest BCUT2D eigenvalue weighted by molar-refractivity contribution is 9.10. The second kappa shape index (κ2) is 7.26. The van der Waals surface area contributed by atoms with Gasteiger partial charge in [0, 0.05) is 17.6 Å². The predicted molar refractivity (Wildman–Crippen MR) is 73.9 cm³/mol. The standard InChI is InChI=1S/C13H18BrF3N2/c1-3-19(9-13(15,16)17)8-11-5-4-10(7-18-2)6-12(11)14/h4-6,18H,3,7-9H2,1-2H3. The van der Waals surface area contributed by atoms with Crippen LogP contribution >= 0.6 is 15.9 Å². The van der Waals surface area contributed by atoms with Crippen molar-refractivity contribution < 1.29 is 13.2 Å². The highest BCUT2D eigenvalue weighted by Crippen LogP contribution is 2.23. The van der Waals surface area contributed by atoms with Crippen molar-refractivity contribution in [2.45, 2.75) is 26.2 Å². The molecule has 0 aliphatic heterocycles. The van der Waals surface area contributed by atoms with Gasteiger partial charge in [-0.05, 0) is 30.8 Å². The number of alkyl halides is 3. The molecule has 0 bridgehead atoms. The molecule has 1 aromatic carbocycles. The lowest BCUT2D eigenvalue weighted by Gasteiger charge is -2.22. The van der Waals surface area contributed by atoms with E-state index >= 15 is 0 Å². The molecule has 0 heterocycles. The van der Waals surface area contributed by atoms with E-state index in [1.54, 1.807) is 6.92 Å². The molecule has 0 aliphatic carbocycles. The first kappa shape index (κ1) is 16.5. The van der Waals surface area contributed by atoms with Gasteiger partial charge in [0.2, 0.25) is 0 Å². The molecular weight excluding hydrogens is 321 g/mol. The highest BCUT2D eigenvalue weighted by atomic mass is 79.9. The summed E-state index contributed by atoms with van der Waals surface area (Å²) < 4.78 is 38.0. The van der Waals surface area contributed by atoms with Gasteiger partial charge in [0.1, 0.15) is 0 Å². The van der Waals surface area contributed by atoms with Gasteiger partial charge in [0.05, 0.1) is 6.54 Å². The zero-order valence-electron chi connectivity index (χ0n) is 11.0. The van der Waals surface area contributed by atoms with Gasteiger partial charge in [-0.1, -0.05) is 35.0 Å². The zero-order chi connectivity index (χ0) is 14.5. The Kier molecular flexibility index (Phi) is 6.29. The number of hydrogen-bond donors (Lipinski definition) is 1. The number of benzene rings is 1. The number of hydrogen-bond acceptors (Lipinski definition) is 2. The Morgan fingerprint density at radius 2 is 2.00 bits per heavy atom. The molecule has 0 radical (unpaired) electrons. The molecule has 108 valence electrons. The molecule has 6 heteroatoms. The molecule has 1 rings (SSSR count). The molecule has 0 aromatic heterocycles. The minimum Gasteiger partial charge on any atom is -0.316 e. The van der Waals surface area contributed by atoms with Crippen LogP contribution in [0.15, 0.2) is 22.7 Å². The third-order valence-electron chi connectivity index (χ3n) is 2.74. The lowest BCUT2D eigenvalue weighted by atomic mass is 10.1. The predicted octanol–water partition coefficient (Wildman–Crippen LogP) is 3.55. The first-order valence-corrected chi connectivity index (χ1v) is 6.86.